The van der Waals surface area contributed by atoms with E-state index in [1.54, 1.807) is 7.11 Å². The summed E-state index contributed by atoms with van der Waals surface area (Å²) in [6.07, 6.45) is 0. The number of aromatic amines is 1. The molecule has 0 radical (unpaired) electrons. The lowest BCUT2D eigenvalue weighted by atomic mass is 10.2. The predicted molar refractivity (Wildman–Crippen MR) is 81.2 cm³/mol. The molecule has 0 aliphatic rings. The summed E-state index contributed by atoms with van der Waals surface area (Å²) in [6.45, 7) is 0.740. The Labute approximate surface area is 118 Å². The van der Waals surface area contributed by atoms with E-state index in [-0.39, 0.29) is 0 Å². The normalized spacial score (nSPS) is 10.7. The lowest BCUT2D eigenvalue weighted by Gasteiger charge is -2.17. The predicted octanol–water partition coefficient (Wildman–Crippen LogP) is 3.21. The van der Waals surface area contributed by atoms with E-state index in [1.807, 2.05) is 49.5 Å². The Balaban J connectivity index is 1.87. The summed E-state index contributed by atoms with van der Waals surface area (Å²) in [5.74, 6) is 1.76. The Morgan fingerprint density at radius 3 is 2.65 bits per heavy atom. The average Bonchev–Trinajstić information content (AvgIpc) is 2.92. The quantitative estimate of drug-likeness (QED) is 0.789. The lowest BCUT2D eigenvalue weighted by molar-refractivity contribution is 0.409. The van der Waals surface area contributed by atoms with E-state index in [1.165, 1.54) is 0 Å². The van der Waals surface area contributed by atoms with Crippen molar-refractivity contribution in [3.05, 3.63) is 54.1 Å². The topological polar surface area (TPSA) is 41.1 Å². The molecule has 1 heterocycles. The number of ether oxygens (including phenoxy) is 1. The SMILES string of the molecule is COc1ccccc1CN(C)c1nc2ccccc2[nH]1. The van der Waals surface area contributed by atoms with Crippen LogP contribution in [-0.4, -0.2) is 24.1 Å². The summed E-state index contributed by atoms with van der Waals surface area (Å²) in [5, 5.41) is 0. The van der Waals surface area contributed by atoms with Crippen molar-refractivity contribution in [1.82, 2.24) is 9.97 Å². The smallest absolute Gasteiger partial charge is 0.203 e. The summed E-state index contributed by atoms with van der Waals surface area (Å²) in [6, 6.07) is 16.1. The van der Waals surface area contributed by atoms with Gasteiger partial charge in [-0.05, 0) is 18.2 Å². The lowest BCUT2D eigenvalue weighted by Crippen LogP contribution is -2.18. The fourth-order valence-corrected chi connectivity index (χ4v) is 2.28. The van der Waals surface area contributed by atoms with Gasteiger partial charge in [-0.1, -0.05) is 30.3 Å². The summed E-state index contributed by atoms with van der Waals surface area (Å²) in [4.78, 5) is 10.0. The molecule has 0 saturated carbocycles. The first-order valence-electron chi connectivity index (χ1n) is 6.55. The number of aromatic nitrogens is 2. The monoisotopic (exact) mass is 267 g/mol. The molecule has 0 aliphatic carbocycles. The van der Waals surface area contributed by atoms with Crippen LogP contribution in [0.2, 0.25) is 0 Å². The van der Waals surface area contributed by atoms with Gasteiger partial charge < -0.3 is 14.6 Å². The zero-order valence-corrected chi connectivity index (χ0v) is 11.6. The zero-order valence-electron chi connectivity index (χ0n) is 11.6. The van der Waals surface area contributed by atoms with Crippen molar-refractivity contribution in [3.8, 4) is 5.75 Å². The fourth-order valence-electron chi connectivity index (χ4n) is 2.28. The molecule has 102 valence electrons. The van der Waals surface area contributed by atoms with Gasteiger partial charge in [0.2, 0.25) is 5.95 Å². The molecule has 3 rings (SSSR count). The number of H-pyrrole nitrogens is 1. The Morgan fingerprint density at radius 1 is 1.10 bits per heavy atom. The molecule has 0 fully saturated rings. The number of nitrogens with zero attached hydrogens (tertiary/aromatic N) is 2. The Bertz CT molecular complexity index is 687. The number of methoxy groups -OCH3 is 1. The minimum absolute atomic E-state index is 0.740. The Kier molecular flexibility index (Phi) is 3.29. The van der Waals surface area contributed by atoms with Gasteiger partial charge in [-0.25, -0.2) is 4.98 Å². The van der Waals surface area contributed by atoms with Crippen molar-refractivity contribution in [2.24, 2.45) is 0 Å². The number of rotatable bonds is 4. The highest BCUT2D eigenvalue weighted by molar-refractivity contribution is 5.77. The van der Waals surface area contributed by atoms with Gasteiger partial charge in [0.1, 0.15) is 5.75 Å². The molecular formula is C16H17N3O. The van der Waals surface area contributed by atoms with Crippen LogP contribution in [0.1, 0.15) is 5.56 Å². The minimum Gasteiger partial charge on any atom is -0.496 e. The molecule has 0 saturated heterocycles. The van der Waals surface area contributed by atoms with Gasteiger partial charge in [-0.2, -0.15) is 0 Å². The van der Waals surface area contributed by atoms with Crippen molar-refractivity contribution in [2.45, 2.75) is 6.54 Å². The van der Waals surface area contributed by atoms with Crippen LogP contribution >= 0.6 is 0 Å². The standard InChI is InChI=1S/C16H17N3O/c1-19(11-12-7-3-6-10-15(12)20-2)16-17-13-8-4-5-9-14(13)18-16/h3-10H,11H2,1-2H3,(H,17,18). The van der Waals surface area contributed by atoms with Crippen molar-refractivity contribution in [1.29, 1.82) is 0 Å². The summed E-state index contributed by atoms with van der Waals surface area (Å²) < 4.78 is 5.38. The van der Waals surface area contributed by atoms with Crippen LogP contribution < -0.4 is 9.64 Å². The van der Waals surface area contributed by atoms with Crippen molar-refractivity contribution in [3.63, 3.8) is 0 Å². The molecule has 1 N–H and O–H groups in total. The number of fused-ring (bicyclic) bond motifs is 1. The van der Waals surface area contributed by atoms with E-state index in [9.17, 15) is 0 Å². The van der Waals surface area contributed by atoms with Gasteiger partial charge in [0.15, 0.2) is 0 Å². The summed E-state index contributed by atoms with van der Waals surface area (Å²) in [5.41, 5.74) is 3.17. The maximum absolute atomic E-state index is 5.38. The van der Waals surface area contributed by atoms with Crippen molar-refractivity contribution >= 4 is 17.0 Å². The van der Waals surface area contributed by atoms with Crippen LogP contribution in [0.3, 0.4) is 0 Å². The highest BCUT2D eigenvalue weighted by Crippen LogP contribution is 2.22. The molecule has 4 nitrogen and oxygen atoms in total. The number of hydrogen-bond acceptors (Lipinski definition) is 3. The number of imidazole rings is 1. The minimum atomic E-state index is 0.740. The number of hydrogen-bond donors (Lipinski definition) is 1. The molecule has 20 heavy (non-hydrogen) atoms. The van der Waals surface area contributed by atoms with Gasteiger partial charge in [0.25, 0.3) is 0 Å². The van der Waals surface area contributed by atoms with Gasteiger partial charge >= 0.3 is 0 Å². The zero-order chi connectivity index (χ0) is 13.9. The molecule has 0 unspecified atom stereocenters. The molecule has 3 aromatic rings. The highest BCUT2D eigenvalue weighted by Gasteiger charge is 2.10. The molecule has 0 atom stereocenters. The van der Waals surface area contributed by atoms with E-state index in [0.717, 1.165) is 34.8 Å². The van der Waals surface area contributed by atoms with Gasteiger partial charge in [-0.15, -0.1) is 0 Å². The van der Waals surface area contributed by atoms with Crippen molar-refractivity contribution in [2.75, 3.05) is 19.1 Å². The fraction of sp³-hybridized carbons (Fsp3) is 0.188. The van der Waals surface area contributed by atoms with Gasteiger partial charge in [0, 0.05) is 19.2 Å². The number of para-hydroxylation sites is 3. The third kappa shape index (κ3) is 2.32. The molecular weight excluding hydrogens is 250 g/mol. The maximum Gasteiger partial charge on any atom is 0.203 e. The molecule has 0 aliphatic heterocycles. The first-order valence-corrected chi connectivity index (χ1v) is 6.55. The first kappa shape index (κ1) is 12.5. The van der Waals surface area contributed by atoms with Gasteiger partial charge in [-0.3, -0.25) is 0 Å². The third-order valence-corrected chi connectivity index (χ3v) is 3.34. The van der Waals surface area contributed by atoms with Crippen LogP contribution in [0.25, 0.3) is 11.0 Å². The van der Waals surface area contributed by atoms with Crippen LogP contribution in [-0.2, 0) is 6.54 Å². The second kappa shape index (κ2) is 5.25. The van der Waals surface area contributed by atoms with Crippen LogP contribution in [0, 0.1) is 0 Å². The maximum atomic E-state index is 5.38. The van der Waals surface area contributed by atoms with E-state index >= 15 is 0 Å². The van der Waals surface area contributed by atoms with Crippen molar-refractivity contribution < 1.29 is 4.74 Å². The molecule has 1 aromatic heterocycles. The van der Waals surface area contributed by atoms with Crippen LogP contribution in [0.15, 0.2) is 48.5 Å². The Morgan fingerprint density at radius 2 is 1.85 bits per heavy atom. The largest absolute Gasteiger partial charge is 0.496 e. The van der Waals surface area contributed by atoms with E-state index in [0.29, 0.717) is 0 Å². The molecule has 4 heteroatoms. The van der Waals surface area contributed by atoms with E-state index < -0.39 is 0 Å². The number of nitrogens with one attached hydrogen (secondary N) is 1. The molecule has 2 aromatic carbocycles. The molecule has 0 spiro atoms. The van der Waals surface area contributed by atoms with Crippen LogP contribution in [0.4, 0.5) is 5.95 Å². The first-order chi connectivity index (χ1) is 9.78. The molecule has 0 bridgehead atoms. The highest BCUT2D eigenvalue weighted by atomic mass is 16.5. The summed E-state index contributed by atoms with van der Waals surface area (Å²) in [7, 11) is 3.71. The second-order valence-electron chi connectivity index (χ2n) is 4.75. The number of anilines is 1. The number of benzene rings is 2. The van der Waals surface area contributed by atoms with E-state index in [4.69, 9.17) is 4.74 Å². The van der Waals surface area contributed by atoms with Crippen LogP contribution in [0.5, 0.6) is 5.75 Å². The Hall–Kier alpha value is -2.49. The van der Waals surface area contributed by atoms with Gasteiger partial charge in [0.05, 0.1) is 18.1 Å². The second-order valence-corrected chi connectivity index (χ2v) is 4.75. The third-order valence-electron chi connectivity index (χ3n) is 3.34. The van der Waals surface area contributed by atoms with E-state index in [2.05, 4.69) is 20.9 Å². The summed E-state index contributed by atoms with van der Waals surface area (Å²) >= 11 is 0. The average molecular weight is 267 g/mol. The molecule has 0 amide bonds.